The molecule has 90 valence electrons. The van der Waals surface area contributed by atoms with Gasteiger partial charge in [-0.2, -0.15) is 0 Å². The van der Waals surface area contributed by atoms with Crippen LogP contribution in [0, 0.1) is 11.8 Å². The minimum atomic E-state index is 0.805. The van der Waals surface area contributed by atoms with E-state index in [1.807, 2.05) is 12.3 Å². The quantitative estimate of drug-likeness (QED) is 0.765. The molecule has 0 aromatic carbocycles. The van der Waals surface area contributed by atoms with Crippen LogP contribution in [0.3, 0.4) is 0 Å². The summed E-state index contributed by atoms with van der Waals surface area (Å²) in [6, 6.07) is 4.02. The topological polar surface area (TPSA) is 28.2 Å². The van der Waals surface area contributed by atoms with Gasteiger partial charge in [0.05, 0.1) is 6.54 Å². The highest BCUT2D eigenvalue weighted by Crippen LogP contribution is 1.96. The molecule has 0 bridgehead atoms. The fraction of sp³-hybridized carbons (Fsp3) is 0.500. The number of pyridine rings is 1. The van der Waals surface area contributed by atoms with Crippen LogP contribution in [0.4, 0.5) is 0 Å². The van der Waals surface area contributed by atoms with E-state index in [2.05, 4.69) is 33.1 Å². The third kappa shape index (κ3) is 4.56. The molecule has 0 aliphatic carbocycles. The summed E-state index contributed by atoms with van der Waals surface area (Å²) in [6.07, 6.45) is 5.70. The van der Waals surface area contributed by atoms with Crippen LogP contribution in [0.25, 0.3) is 0 Å². The van der Waals surface area contributed by atoms with Crippen molar-refractivity contribution < 1.29 is 0 Å². The first-order chi connectivity index (χ1) is 8.45. The molecule has 0 amide bonds. The molecule has 0 atom stereocenters. The zero-order valence-electron chi connectivity index (χ0n) is 10.2. The summed E-state index contributed by atoms with van der Waals surface area (Å²) in [6.45, 7) is 5.39. The molecule has 1 saturated heterocycles. The fourth-order valence-electron chi connectivity index (χ4n) is 1.89. The van der Waals surface area contributed by atoms with E-state index in [1.54, 1.807) is 6.20 Å². The van der Waals surface area contributed by atoms with Crippen LogP contribution in [-0.4, -0.2) is 42.6 Å². The second kappa shape index (κ2) is 7.05. The highest BCUT2D eigenvalue weighted by Gasteiger charge is 2.05. The summed E-state index contributed by atoms with van der Waals surface area (Å²) in [5, 5.41) is 3.40. The molecule has 1 N–H and O–H groups in total. The van der Waals surface area contributed by atoms with Gasteiger partial charge >= 0.3 is 0 Å². The maximum atomic E-state index is 4.08. The van der Waals surface area contributed by atoms with Crippen LogP contribution in [-0.2, 0) is 6.42 Å². The standard InChI is InChI=1S/C14H19N3/c1(5-14-6-3-7-16-13-14)2-10-17-11-4-8-15-9-12-17/h3,6-7,13,15H,4-5,8-12H2. The second-order valence-electron chi connectivity index (χ2n) is 4.27. The van der Waals surface area contributed by atoms with Gasteiger partial charge in [-0.3, -0.25) is 9.88 Å². The van der Waals surface area contributed by atoms with E-state index in [1.165, 1.54) is 12.0 Å². The molecule has 2 heterocycles. The van der Waals surface area contributed by atoms with E-state index >= 15 is 0 Å². The molecule has 1 aromatic rings. The molecular weight excluding hydrogens is 210 g/mol. The number of hydrogen-bond donors (Lipinski definition) is 1. The van der Waals surface area contributed by atoms with E-state index in [0.29, 0.717) is 0 Å². The van der Waals surface area contributed by atoms with Crippen molar-refractivity contribution in [3.63, 3.8) is 0 Å². The first-order valence-electron chi connectivity index (χ1n) is 6.23. The lowest BCUT2D eigenvalue weighted by atomic mass is 10.2. The van der Waals surface area contributed by atoms with Crippen molar-refractivity contribution in [3.8, 4) is 11.8 Å². The van der Waals surface area contributed by atoms with Gasteiger partial charge in [-0.15, -0.1) is 0 Å². The smallest absolute Gasteiger partial charge is 0.0602 e. The number of hydrogen-bond acceptors (Lipinski definition) is 3. The minimum Gasteiger partial charge on any atom is -0.315 e. The Morgan fingerprint density at radius 3 is 3.18 bits per heavy atom. The van der Waals surface area contributed by atoms with E-state index in [4.69, 9.17) is 0 Å². The third-order valence-electron chi connectivity index (χ3n) is 2.88. The Bertz CT molecular complexity index is 369. The van der Waals surface area contributed by atoms with Crippen molar-refractivity contribution >= 4 is 0 Å². The molecule has 0 unspecified atom stereocenters. The molecular formula is C14H19N3. The fourth-order valence-corrected chi connectivity index (χ4v) is 1.89. The van der Waals surface area contributed by atoms with Crippen LogP contribution in [0.5, 0.6) is 0 Å². The Morgan fingerprint density at radius 2 is 2.29 bits per heavy atom. The first kappa shape index (κ1) is 12.1. The average Bonchev–Trinajstić information content (AvgIpc) is 2.65. The summed E-state index contributed by atoms with van der Waals surface area (Å²) in [7, 11) is 0. The minimum absolute atomic E-state index is 0.805. The van der Waals surface area contributed by atoms with Gasteiger partial charge in [0.15, 0.2) is 0 Å². The predicted molar refractivity (Wildman–Crippen MR) is 69.6 cm³/mol. The third-order valence-corrected chi connectivity index (χ3v) is 2.88. The zero-order chi connectivity index (χ0) is 11.8. The van der Waals surface area contributed by atoms with Crippen LogP contribution in [0.15, 0.2) is 24.5 Å². The van der Waals surface area contributed by atoms with Gasteiger partial charge in [-0.05, 0) is 24.6 Å². The molecule has 17 heavy (non-hydrogen) atoms. The molecule has 1 aromatic heterocycles. The maximum absolute atomic E-state index is 4.08. The van der Waals surface area contributed by atoms with E-state index < -0.39 is 0 Å². The molecule has 1 aliphatic heterocycles. The van der Waals surface area contributed by atoms with Crippen molar-refractivity contribution in [1.29, 1.82) is 0 Å². The highest BCUT2D eigenvalue weighted by atomic mass is 15.1. The van der Waals surface area contributed by atoms with Crippen molar-refractivity contribution in [3.05, 3.63) is 30.1 Å². The van der Waals surface area contributed by atoms with Crippen molar-refractivity contribution in [1.82, 2.24) is 15.2 Å². The summed E-state index contributed by atoms with van der Waals surface area (Å²) in [4.78, 5) is 6.49. The number of rotatable bonds is 2. The Kier molecular flexibility index (Phi) is 5.02. The lowest BCUT2D eigenvalue weighted by Gasteiger charge is -2.15. The predicted octanol–water partition coefficient (Wildman–Crippen LogP) is 0.923. The van der Waals surface area contributed by atoms with Gasteiger partial charge in [0.25, 0.3) is 0 Å². The van der Waals surface area contributed by atoms with Gasteiger partial charge in [0.1, 0.15) is 0 Å². The van der Waals surface area contributed by atoms with E-state index in [9.17, 15) is 0 Å². The SMILES string of the molecule is C(#CCN1CCCNCC1)Cc1cccnc1. The zero-order valence-corrected chi connectivity index (χ0v) is 10.2. The Hall–Kier alpha value is -1.37. The molecule has 0 spiro atoms. The largest absolute Gasteiger partial charge is 0.315 e. The molecule has 0 radical (unpaired) electrons. The highest BCUT2D eigenvalue weighted by molar-refractivity contribution is 5.17. The maximum Gasteiger partial charge on any atom is 0.0602 e. The van der Waals surface area contributed by atoms with Gasteiger partial charge in [0.2, 0.25) is 0 Å². The Balaban J connectivity index is 1.74. The number of nitrogens with zero attached hydrogens (tertiary/aromatic N) is 2. The van der Waals surface area contributed by atoms with Crippen molar-refractivity contribution in [2.75, 3.05) is 32.7 Å². The van der Waals surface area contributed by atoms with Crippen LogP contribution in [0.2, 0.25) is 0 Å². The van der Waals surface area contributed by atoms with Crippen LogP contribution >= 0.6 is 0 Å². The Morgan fingerprint density at radius 1 is 1.29 bits per heavy atom. The molecule has 1 fully saturated rings. The second-order valence-corrected chi connectivity index (χ2v) is 4.27. The first-order valence-corrected chi connectivity index (χ1v) is 6.23. The normalized spacial score (nSPS) is 16.9. The average molecular weight is 229 g/mol. The molecule has 3 heteroatoms. The molecule has 3 nitrogen and oxygen atoms in total. The number of nitrogens with one attached hydrogen (secondary N) is 1. The van der Waals surface area contributed by atoms with Crippen LogP contribution in [0.1, 0.15) is 12.0 Å². The van der Waals surface area contributed by atoms with E-state index in [0.717, 1.165) is 39.1 Å². The Labute approximate surface area is 103 Å². The summed E-state index contributed by atoms with van der Waals surface area (Å²) in [5.41, 5.74) is 1.19. The monoisotopic (exact) mass is 229 g/mol. The summed E-state index contributed by atoms with van der Waals surface area (Å²) in [5.74, 6) is 6.47. The van der Waals surface area contributed by atoms with E-state index in [-0.39, 0.29) is 0 Å². The van der Waals surface area contributed by atoms with Gasteiger partial charge in [-0.1, -0.05) is 17.9 Å². The summed E-state index contributed by atoms with van der Waals surface area (Å²) < 4.78 is 0. The van der Waals surface area contributed by atoms with Gasteiger partial charge in [-0.25, -0.2) is 0 Å². The molecule has 0 saturated carbocycles. The van der Waals surface area contributed by atoms with Crippen molar-refractivity contribution in [2.24, 2.45) is 0 Å². The van der Waals surface area contributed by atoms with Crippen LogP contribution < -0.4 is 5.32 Å². The lowest BCUT2D eigenvalue weighted by Crippen LogP contribution is -2.28. The molecule has 2 rings (SSSR count). The lowest BCUT2D eigenvalue weighted by molar-refractivity contribution is 0.329. The van der Waals surface area contributed by atoms with Gasteiger partial charge in [0, 0.05) is 38.4 Å². The van der Waals surface area contributed by atoms with Gasteiger partial charge < -0.3 is 5.32 Å². The number of aromatic nitrogens is 1. The summed E-state index contributed by atoms with van der Waals surface area (Å²) >= 11 is 0. The van der Waals surface area contributed by atoms with Crippen molar-refractivity contribution in [2.45, 2.75) is 12.8 Å². The molecule has 1 aliphatic rings.